The number of nitrogens with zero attached hydrogens (tertiary/aromatic N) is 3. The van der Waals surface area contributed by atoms with E-state index in [-0.39, 0.29) is 5.91 Å². The highest BCUT2D eigenvalue weighted by atomic mass is 32.1. The molecule has 6 nitrogen and oxygen atoms in total. The molecule has 1 saturated heterocycles. The second-order valence-electron chi connectivity index (χ2n) is 7.78. The van der Waals surface area contributed by atoms with Gasteiger partial charge in [0.2, 0.25) is 5.91 Å². The Balaban J connectivity index is 1.24. The van der Waals surface area contributed by atoms with E-state index < -0.39 is 0 Å². The first-order chi connectivity index (χ1) is 15.1. The topological polar surface area (TPSA) is 57.7 Å². The van der Waals surface area contributed by atoms with E-state index in [2.05, 4.69) is 37.6 Å². The van der Waals surface area contributed by atoms with Crippen molar-refractivity contribution in [1.82, 2.24) is 9.88 Å². The average Bonchev–Trinajstić information content (AvgIpc) is 3.22. The zero-order valence-electron chi connectivity index (χ0n) is 18.0. The number of aryl methyl sites for hydroxylation is 1. The van der Waals surface area contributed by atoms with E-state index in [0.29, 0.717) is 6.42 Å². The van der Waals surface area contributed by atoms with Crippen LogP contribution in [0.3, 0.4) is 0 Å². The van der Waals surface area contributed by atoms with Gasteiger partial charge in [0.15, 0.2) is 0 Å². The second kappa shape index (κ2) is 9.94. The summed E-state index contributed by atoms with van der Waals surface area (Å²) in [5.74, 6) is 0.854. The first-order valence-corrected chi connectivity index (χ1v) is 11.4. The van der Waals surface area contributed by atoms with E-state index in [1.54, 1.807) is 18.4 Å². The predicted molar refractivity (Wildman–Crippen MR) is 126 cm³/mol. The number of hydrogen-bond acceptors (Lipinski definition) is 6. The number of carbonyl (C=O) groups is 1. The molecule has 2 heterocycles. The Morgan fingerprint density at radius 3 is 2.45 bits per heavy atom. The van der Waals surface area contributed by atoms with E-state index in [1.165, 1.54) is 11.3 Å². The Morgan fingerprint density at radius 1 is 1.06 bits per heavy atom. The highest BCUT2D eigenvalue weighted by Gasteiger charge is 2.18. The van der Waals surface area contributed by atoms with Crippen molar-refractivity contribution in [2.45, 2.75) is 19.9 Å². The minimum Gasteiger partial charge on any atom is -0.497 e. The van der Waals surface area contributed by atoms with Crippen LogP contribution in [0.1, 0.15) is 16.3 Å². The van der Waals surface area contributed by atoms with Crippen molar-refractivity contribution in [3.05, 3.63) is 70.2 Å². The molecule has 0 spiro atoms. The number of piperazine rings is 1. The molecule has 1 aromatic heterocycles. The summed E-state index contributed by atoms with van der Waals surface area (Å²) < 4.78 is 5.24. The van der Waals surface area contributed by atoms with Crippen molar-refractivity contribution in [1.29, 1.82) is 0 Å². The van der Waals surface area contributed by atoms with Crippen LogP contribution in [-0.4, -0.2) is 49.1 Å². The Kier molecular flexibility index (Phi) is 6.84. The Bertz CT molecular complexity index is 993. The minimum atomic E-state index is -0.0298. The molecule has 1 amide bonds. The summed E-state index contributed by atoms with van der Waals surface area (Å²) in [4.78, 5) is 21.8. The lowest BCUT2D eigenvalue weighted by atomic mass is 10.2. The maximum Gasteiger partial charge on any atom is 0.231 e. The molecule has 1 aliphatic rings. The van der Waals surface area contributed by atoms with Crippen molar-refractivity contribution in [2.24, 2.45) is 0 Å². The normalized spacial score (nSPS) is 14.5. The van der Waals surface area contributed by atoms with Gasteiger partial charge in [-0.25, -0.2) is 4.98 Å². The Hall–Kier alpha value is -2.90. The molecule has 2 aromatic carbocycles. The van der Waals surface area contributed by atoms with Crippen LogP contribution in [0.15, 0.2) is 53.9 Å². The highest BCUT2D eigenvalue weighted by Crippen LogP contribution is 2.21. The van der Waals surface area contributed by atoms with E-state index in [0.717, 1.165) is 54.9 Å². The third kappa shape index (κ3) is 5.83. The van der Waals surface area contributed by atoms with Gasteiger partial charge >= 0.3 is 0 Å². The van der Waals surface area contributed by atoms with Gasteiger partial charge in [-0.15, -0.1) is 11.3 Å². The molecule has 0 radical (unpaired) electrons. The lowest BCUT2D eigenvalue weighted by molar-refractivity contribution is -0.115. The van der Waals surface area contributed by atoms with Crippen molar-refractivity contribution in [3.8, 4) is 5.75 Å². The zero-order chi connectivity index (χ0) is 21.6. The van der Waals surface area contributed by atoms with E-state index in [1.807, 2.05) is 43.3 Å². The number of nitrogens with one attached hydrogen (secondary N) is 1. The van der Waals surface area contributed by atoms with Crippen LogP contribution < -0.4 is 15.0 Å². The number of thiazole rings is 1. The van der Waals surface area contributed by atoms with Crippen LogP contribution in [-0.2, 0) is 17.8 Å². The number of ether oxygens (including phenoxy) is 1. The standard InChI is InChI=1S/C24H28N4O2S/c1-18-3-5-19(6-4-18)25-23(29)15-24-26-20(17-31-24)16-27-11-13-28(14-12-27)21-7-9-22(30-2)10-8-21/h3-10,17H,11-16H2,1-2H3,(H,25,29). The van der Waals surface area contributed by atoms with Crippen molar-refractivity contribution < 1.29 is 9.53 Å². The first kappa shape index (κ1) is 21.3. The molecule has 0 atom stereocenters. The number of rotatable bonds is 7. The lowest BCUT2D eigenvalue weighted by Gasteiger charge is -2.35. The van der Waals surface area contributed by atoms with E-state index in [9.17, 15) is 4.79 Å². The fraction of sp³-hybridized carbons (Fsp3) is 0.333. The molecule has 162 valence electrons. The minimum absolute atomic E-state index is 0.0298. The summed E-state index contributed by atoms with van der Waals surface area (Å²) in [7, 11) is 1.69. The molecule has 4 rings (SSSR count). The Labute approximate surface area is 187 Å². The predicted octanol–water partition coefficient (Wildman–Crippen LogP) is 3.96. The van der Waals surface area contributed by atoms with Crippen molar-refractivity contribution in [2.75, 3.05) is 43.5 Å². The van der Waals surface area contributed by atoms with Gasteiger partial charge in [0.05, 0.1) is 19.2 Å². The second-order valence-corrected chi connectivity index (χ2v) is 8.73. The molecule has 31 heavy (non-hydrogen) atoms. The first-order valence-electron chi connectivity index (χ1n) is 10.5. The number of carbonyl (C=O) groups excluding carboxylic acids is 1. The van der Waals surface area contributed by atoms with Gasteiger partial charge in [0.25, 0.3) is 0 Å². The van der Waals surface area contributed by atoms with Crippen LogP contribution >= 0.6 is 11.3 Å². The SMILES string of the molecule is COc1ccc(N2CCN(Cc3csc(CC(=O)Nc4ccc(C)cc4)n3)CC2)cc1. The van der Waals surface area contributed by atoms with Crippen LogP contribution in [0.2, 0.25) is 0 Å². The monoisotopic (exact) mass is 436 g/mol. The third-order valence-corrected chi connectivity index (χ3v) is 6.34. The summed E-state index contributed by atoms with van der Waals surface area (Å²) in [5, 5.41) is 5.87. The van der Waals surface area contributed by atoms with Crippen LogP contribution in [0.25, 0.3) is 0 Å². The van der Waals surface area contributed by atoms with Gasteiger partial charge in [-0.1, -0.05) is 17.7 Å². The van der Waals surface area contributed by atoms with Gasteiger partial charge < -0.3 is 15.0 Å². The summed E-state index contributed by atoms with van der Waals surface area (Å²) in [5.41, 5.74) is 4.27. The Morgan fingerprint density at radius 2 is 1.77 bits per heavy atom. The summed E-state index contributed by atoms with van der Waals surface area (Å²) in [6.45, 7) is 6.82. The summed E-state index contributed by atoms with van der Waals surface area (Å²) in [6.07, 6.45) is 0.309. The largest absolute Gasteiger partial charge is 0.497 e. The smallest absolute Gasteiger partial charge is 0.231 e. The van der Waals surface area contributed by atoms with Crippen LogP contribution in [0.4, 0.5) is 11.4 Å². The molecule has 1 fully saturated rings. The van der Waals surface area contributed by atoms with Gasteiger partial charge in [-0.05, 0) is 43.3 Å². The van der Waals surface area contributed by atoms with Gasteiger partial charge in [-0.2, -0.15) is 0 Å². The fourth-order valence-electron chi connectivity index (χ4n) is 3.67. The molecule has 1 N–H and O–H groups in total. The summed E-state index contributed by atoms with van der Waals surface area (Å²) >= 11 is 1.56. The number of hydrogen-bond donors (Lipinski definition) is 1. The lowest BCUT2D eigenvalue weighted by Crippen LogP contribution is -2.46. The molecule has 0 unspecified atom stereocenters. The highest BCUT2D eigenvalue weighted by molar-refractivity contribution is 7.09. The number of benzene rings is 2. The number of methoxy groups -OCH3 is 1. The third-order valence-electron chi connectivity index (χ3n) is 5.44. The molecule has 0 saturated carbocycles. The maximum absolute atomic E-state index is 12.3. The van der Waals surface area contributed by atoms with E-state index >= 15 is 0 Å². The molecular weight excluding hydrogens is 408 g/mol. The quantitative estimate of drug-likeness (QED) is 0.608. The molecule has 0 bridgehead atoms. The molecule has 7 heteroatoms. The van der Waals surface area contributed by atoms with Crippen molar-refractivity contribution >= 4 is 28.6 Å². The number of anilines is 2. The average molecular weight is 437 g/mol. The summed E-state index contributed by atoms with van der Waals surface area (Å²) in [6, 6.07) is 16.1. The number of amides is 1. The fourth-order valence-corrected chi connectivity index (χ4v) is 4.45. The number of aromatic nitrogens is 1. The zero-order valence-corrected chi connectivity index (χ0v) is 18.8. The molecule has 3 aromatic rings. The maximum atomic E-state index is 12.3. The van der Waals surface area contributed by atoms with Gasteiger partial charge in [0, 0.05) is 49.5 Å². The molecular formula is C24H28N4O2S. The molecule has 0 aliphatic carbocycles. The van der Waals surface area contributed by atoms with Gasteiger partial charge in [-0.3, -0.25) is 9.69 Å². The van der Waals surface area contributed by atoms with Crippen LogP contribution in [0.5, 0.6) is 5.75 Å². The van der Waals surface area contributed by atoms with Gasteiger partial charge in [0.1, 0.15) is 10.8 Å². The van der Waals surface area contributed by atoms with Crippen molar-refractivity contribution in [3.63, 3.8) is 0 Å². The van der Waals surface area contributed by atoms with Crippen LogP contribution in [0, 0.1) is 6.92 Å². The van der Waals surface area contributed by atoms with E-state index in [4.69, 9.17) is 4.74 Å². The molecule has 1 aliphatic heterocycles.